The van der Waals surface area contributed by atoms with Crippen LogP contribution in [0.4, 0.5) is 0 Å². The molecule has 0 saturated carbocycles. The van der Waals surface area contributed by atoms with E-state index in [1.54, 1.807) is 0 Å². The van der Waals surface area contributed by atoms with Gasteiger partial charge in [-0.15, -0.1) is 0 Å². The van der Waals surface area contributed by atoms with Gasteiger partial charge in [0, 0.05) is 12.1 Å². The van der Waals surface area contributed by atoms with Gasteiger partial charge >= 0.3 is 0 Å². The standard InChI is InChI=1S/C9H9NO.2C2H6/c1-6-2-3-7-5-10-9(11)8(7)4-6;2*1-2/h2-4H,5H2,1H3,(H,10,11);2*1-2H3. The molecule has 0 saturated heterocycles. The minimum absolute atomic E-state index is 0.0590. The quantitative estimate of drug-likeness (QED) is 0.695. The summed E-state index contributed by atoms with van der Waals surface area (Å²) < 4.78 is 0. The maximum atomic E-state index is 11.1. The number of nitrogens with one attached hydrogen (secondary N) is 1. The summed E-state index contributed by atoms with van der Waals surface area (Å²) in [6.07, 6.45) is 0. The highest BCUT2D eigenvalue weighted by Crippen LogP contribution is 2.16. The summed E-state index contributed by atoms with van der Waals surface area (Å²) in [5, 5.41) is 2.77. The number of carbonyl (C=O) groups is 1. The fourth-order valence-electron chi connectivity index (χ4n) is 1.33. The number of amides is 1. The van der Waals surface area contributed by atoms with Crippen LogP contribution in [-0.2, 0) is 6.54 Å². The Morgan fingerprint density at radius 1 is 1.13 bits per heavy atom. The molecule has 0 spiro atoms. The Labute approximate surface area is 92.7 Å². The van der Waals surface area contributed by atoms with E-state index in [9.17, 15) is 4.79 Å². The van der Waals surface area contributed by atoms with Crippen molar-refractivity contribution in [3.8, 4) is 0 Å². The molecule has 0 unspecified atom stereocenters. The second-order valence-electron chi connectivity index (χ2n) is 2.84. The van der Waals surface area contributed by atoms with Gasteiger partial charge in [0.1, 0.15) is 0 Å². The SMILES string of the molecule is CC.CC.Cc1ccc2c(c1)C(=O)NC2. The zero-order chi connectivity index (χ0) is 11.8. The zero-order valence-electron chi connectivity index (χ0n) is 10.3. The first kappa shape index (κ1) is 13.7. The number of rotatable bonds is 0. The molecule has 0 aromatic heterocycles. The Balaban J connectivity index is 0.000000442. The van der Waals surface area contributed by atoms with E-state index in [1.807, 2.05) is 52.8 Å². The van der Waals surface area contributed by atoms with Gasteiger partial charge in [-0.1, -0.05) is 45.4 Å². The molecule has 0 radical (unpaired) electrons. The van der Waals surface area contributed by atoms with E-state index in [2.05, 4.69) is 5.32 Å². The predicted molar refractivity (Wildman–Crippen MR) is 65.0 cm³/mol. The molecule has 0 aliphatic carbocycles. The minimum atomic E-state index is 0.0590. The van der Waals surface area contributed by atoms with Crippen LogP contribution in [0.1, 0.15) is 49.2 Å². The monoisotopic (exact) mass is 207 g/mol. The smallest absolute Gasteiger partial charge is 0.251 e. The van der Waals surface area contributed by atoms with Crippen LogP contribution in [0.2, 0.25) is 0 Å². The molecule has 0 bridgehead atoms. The van der Waals surface area contributed by atoms with E-state index in [-0.39, 0.29) is 5.91 Å². The molecule has 84 valence electrons. The highest BCUT2D eigenvalue weighted by molar-refractivity contribution is 5.98. The summed E-state index contributed by atoms with van der Waals surface area (Å²) >= 11 is 0. The van der Waals surface area contributed by atoms with Crippen LogP contribution in [0.3, 0.4) is 0 Å². The fraction of sp³-hybridized carbons (Fsp3) is 0.462. The van der Waals surface area contributed by atoms with Crippen molar-refractivity contribution >= 4 is 5.91 Å². The van der Waals surface area contributed by atoms with Gasteiger partial charge in [-0.05, 0) is 18.6 Å². The Morgan fingerprint density at radius 2 is 1.73 bits per heavy atom. The van der Waals surface area contributed by atoms with Gasteiger partial charge in [0.25, 0.3) is 5.91 Å². The lowest BCUT2D eigenvalue weighted by atomic mass is 10.1. The first-order chi connectivity index (χ1) is 7.27. The summed E-state index contributed by atoms with van der Waals surface area (Å²) in [7, 11) is 0. The van der Waals surface area contributed by atoms with Crippen molar-refractivity contribution in [3.63, 3.8) is 0 Å². The molecule has 2 rings (SSSR count). The van der Waals surface area contributed by atoms with Crippen molar-refractivity contribution in [1.82, 2.24) is 5.32 Å². The summed E-state index contributed by atoms with van der Waals surface area (Å²) in [4.78, 5) is 11.1. The average Bonchev–Trinajstić information content (AvgIpc) is 2.66. The van der Waals surface area contributed by atoms with Crippen molar-refractivity contribution in [3.05, 3.63) is 34.9 Å². The first-order valence-electron chi connectivity index (χ1n) is 5.65. The second kappa shape index (κ2) is 7.04. The molecular weight excluding hydrogens is 186 g/mol. The van der Waals surface area contributed by atoms with Gasteiger partial charge in [0.2, 0.25) is 0 Å². The number of hydrogen-bond donors (Lipinski definition) is 1. The van der Waals surface area contributed by atoms with Crippen molar-refractivity contribution in [2.45, 2.75) is 41.2 Å². The Hall–Kier alpha value is -1.31. The van der Waals surface area contributed by atoms with Crippen molar-refractivity contribution in [2.24, 2.45) is 0 Å². The van der Waals surface area contributed by atoms with Crippen LogP contribution in [0, 0.1) is 6.92 Å². The van der Waals surface area contributed by atoms with Crippen LogP contribution >= 0.6 is 0 Å². The molecule has 2 heteroatoms. The molecule has 1 aromatic carbocycles. The summed E-state index contributed by atoms with van der Waals surface area (Å²) in [5.74, 6) is 0.0590. The molecule has 1 amide bonds. The third-order valence-electron chi connectivity index (χ3n) is 1.95. The molecule has 0 atom stereocenters. The molecule has 1 heterocycles. The first-order valence-corrected chi connectivity index (χ1v) is 5.65. The third-order valence-corrected chi connectivity index (χ3v) is 1.95. The highest BCUT2D eigenvalue weighted by Gasteiger charge is 2.17. The van der Waals surface area contributed by atoms with E-state index in [1.165, 1.54) is 0 Å². The van der Waals surface area contributed by atoms with E-state index in [0.29, 0.717) is 6.54 Å². The van der Waals surface area contributed by atoms with E-state index in [0.717, 1.165) is 16.7 Å². The van der Waals surface area contributed by atoms with Crippen LogP contribution in [0.5, 0.6) is 0 Å². The number of benzene rings is 1. The second-order valence-corrected chi connectivity index (χ2v) is 2.84. The molecule has 1 aliphatic heterocycles. The lowest BCUT2D eigenvalue weighted by Crippen LogP contribution is -2.12. The van der Waals surface area contributed by atoms with Gasteiger partial charge in [-0.3, -0.25) is 4.79 Å². The average molecular weight is 207 g/mol. The third kappa shape index (κ3) is 3.39. The lowest BCUT2D eigenvalue weighted by molar-refractivity contribution is 0.0965. The van der Waals surface area contributed by atoms with Gasteiger partial charge < -0.3 is 5.32 Å². The molecular formula is C13H21NO. The largest absolute Gasteiger partial charge is 0.348 e. The molecule has 0 fully saturated rings. The topological polar surface area (TPSA) is 29.1 Å². The maximum absolute atomic E-state index is 11.1. The van der Waals surface area contributed by atoms with E-state index >= 15 is 0 Å². The van der Waals surface area contributed by atoms with Crippen LogP contribution in [0.15, 0.2) is 18.2 Å². The normalized spacial score (nSPS) is 11.4. The Bertz CT molecular complexity index is 318. The van der Waals surface area contributed by atoms with E-state index in [4.69, 9.17) is 0 Å². The number of fused-ring (bicyclic) bond motifs is 1. The number of aryl methyl sites for hydroxylation is 1. The zero-order valence-corrected chi connectivity index (χ0v) is 10.3. The van der Waals surface area contributed by atoms with Crippen molar-refractivity contribution in [1.29, 1.82) is 0 Å². The molecule has 2 nitrogen and oxygen atoms in total. The van der Waals surface area contributed by atoms with Gasteiger partial charge in [-0.25, -0.2) is 0 Å². The molecule has 1 aliphatic rings. The summed E-state index contributed by atoms with van der Waals surface area (Å²) in [5.41, 5.74) is 3.09. The highest BCUT2D eigenvalue weighted by atomic mass is 16.1. The fourth-order valence-corrected chi connectivity index (χ4v) is 1.33. The summed E-state index contributed by atoms with van der Waals surface area (Å²) in [6.45, 7) is 10.7. The van der Waals surface area contributed by atoms with Crippen LogP contribution < -0.4 is 5.32 Å². The maximum Gasteiger partial charge on any atom is 0.251 e. The number of hydrogen-bond acceptors (Lipinski definition) is 1. The summed E-state index contributed by atoms with van der Waals surface area (Å²) in [6, 6.07) is 5.96. The van der Waals surface area contributed by atoms with E-state index < -0.39 is 0 Å². The lowest BCUT2D eigenvalue weighted by Gasteiger charge is -1.95. The van der Waals surface area contributed by atoms with Crippen LogP contribution in [-0.4, -0.2) is 5.91 Å². The van der Waals surface area contributed by atoms with Gasteiger partial charge in [-0.2, -0.15) is 0 Å². The number of carbonyl (C=O) groups excluding carboxylic acids is 1. The van der Waals surface area contributed by atoms with Gasteiger partial charge in [0.15, 0.2) is 0 Å². The molecule has 1 aromatic rings. The minimum Gasteiger partial charge on any atom is -0.348 e. The predicted octanol–water partition coefficient (Wildman–Crippen LogP) is 3.29. The van der Waals surface area contributed by atoms with Crippen molar-refractivity contribution < 1.29 is 4.79 Å². The van der Waals surface area contributed by atoms with Crippen LogP contribution in [0.25, 0.3) is 0 Å². The van der Waals surface area contributed by atoms with Crippen molar-refractivity contribution in [2.75, 3.05) is 0 Å². The Morgan fingerprint density at radius 3 is 2.33 bits per heavy atom. The van der Waals surface area contributed by atoms with Gasteiger partial charge in [0.05, 0.1) is 0 Å². The Kier molecular flexibility index (Phi) is 6.43. The molecule has 1 N–H and O–H groups in total. The molecule has 15 heavy (non-hydrogen) atoms.